The Balaban J connectivity index is 1.74. The van der Waals surface area contributed by atoms with Crippen molar-refractivity contribution in [2.45, 2.75) is 25.3 Å². The molecule has 106 valence electrons. The van der Waals surface area contributed by atoms with Gasteiger partial charge in [-0.3, -0.25) is 4.79 Å². The zero-order valence-electron chi connectivity index (χ0n) is 11.1. The van der Waals surface area contributed by atoms with E-state index in [4.69, 9.17) is 0 Å². The van der Waals surface area contributed by atoms with Crippen molar-refractivity contribution in [3.8, 4) is 10.6 Å². The Kier molecular flexibility index (Phi) is 3.62. The summed E-state index contributed by atoms with van der Waals surface area (Å²) >= 11 is 3.08. The topological polar surface area (TPSA) is 62.2 Å². The highest BCUT2D eigenvalue weighted by atomic mass is 32.1. The number of thiophene rings is 1. The first-order valence-corrected chi connectivity index (χ1v) is 8.36. The summed E-state index contributed by atoms with van der Waals surface area (Å²) in [5, 5.41) is 19.1. The maximum atomic E-state index is 12.3. The van der Waals surface area contributed by atoms with E-state index in [-0.39, 0.29) is 12.5 Å². The first-order valence-electron chi connectivity index (χ1n) is 6.54. The number of thiazole rings is 1. The summed E-state index contributed by atoms with van der Waals surface area (Å²) in [6.07, 6.45) is 2.13. The number of nitrogens with zero attached hydrogens (tertiary/aromatic N) is 1. The first kappa shape index (κ1) is 13.7. The number of carbonyl (C=O) groups excluding carboxylic acids is 1. The zero-order valence-corrected chi connectivity index (χ0v) is 12.8. The molecule has 2 aromatic rings. The molecule has 20 heavy (non-hydrogen) atoms. The van der Waals surface area contributed by atoms with Gasteiger partial charge in [-0.1, -0.05) is 0 Å². The molecule has 0 aromatic carbocycles. The Bertz CT molecular complexity index is 604. The molecule has 0 bridgehead atoms. The maximum absolute atomic E-state index is 12.3. The van der Waals surface area contributed by atoms with Gasteiger partial charge in [0.05, 0.1) is 12.1 Å². The fourth-order valence-electron chi connectivity index (χ4n) is 2.21. The van der Waals surface area contributed by atoms with Crippen molar-refractivity contribution < 1.29 is 9.90 Å². The molecule has 0 spiro atoms. The Hall–Kier alpha value is -1.24. The van der Waals surface area contributed by atoms with Gasteiger partial charge in [0.15, 0.2) is 0 Å². The van der Waals surface area contributed by atoms with Crippen molar-refractivity contribution in [3.05, 3.63) is 27.9 Å². The number of hydrogen-bond acceptors (Lipinski definition) is 5. The van der Waals surface area contributed by atoms with Crippen LogP contribution >= 0.6 is 22.7 Å². The fraction of sp³-hybridized carbons (Fsp3) is 0.429. The van der Waals surface area contributed by atoms with Crippen molar-refractivity contribution in [3.63, 3.8) is 0 Å². The van der Waals surface area contributed by atoms with Crippen LogP contribution in [-0.2, 0) is 0 Å². The van der Waals surface area contributed by atoms with Crippen LogP contribution in [0.2, 0.25) is 0 Å². The lowest BCUT2D eigenvalue weighted by atomic mass is 9.97. The van der Waals surface area contributed by atoms with E-state index in [9.17, 15) is 9.90 Å². The van der Waals surface area contributed by atoms with Crippen LogP contribution in [0, 0.1) is 5.92 Å². The number of aromatic nitrogens is 1. The highest BCUT2D eigenvalue weighted by Gasteiger charge is 2.42. The van der Waals surface area contributed by atoms with E-state index in [1.54, 1.807) is 16.7 Å². The zero-order chi connectivity index (χ0) is 14.2. The van der Waals surface area contributed by atoms with Gasteiger partial charge in [0.25, 0.3) is 5.91 Å². The van der Waals surface area contributed by atoms with Crippen LogP contribution in [-0.4, -0.2) is 28.1 Å². The Morgan fingerprint density at radius 3 is 2.95 bits per heavy atom. The average Bonchev–Trinajstić information content (AvgIpc) is 2.97. The molecule has 2 aromatic heterocycles. The Morgan fingerprint density at radius 2 is 2.35 bits per heavy atom. The molecule has 6 heteroatoms. The molecule has 1 fully saturated rings. The van der Waals surface area contributed by atoms with Crippen LogP contribution in [0.5, 0.6) is 0 Å². The minimum Gasteiger partial charge on any atom is -0.394 e. The van der Waals surface area contributed by atoms with Gasteiger partial charge in [-0.15, -0.1) is 11.3 Å². The second-order valence-electron chi connectivity index (χ2n) is 5.35. The second kappa shape index (κ2) is 5.27. The summed E-state index contributed by atoms with van der Waals surface area (Å²) in [4.78, 5) is 16.6. The lowest BCUT2D eigenvalue weighted by Crippen LogP contribution is -2.50. The minimum atomic E-state index is -0.525. The normalized spacial score (nSPS) is 17.7. The molecule has 0 radical (unpaired) electrons. The van der Waals surface area contributed by atoms with E-state index in [0.717, 1.165) is 23.4 Å². The average molecular weight is 308 g/mol. The van der Waals surface area contributed by atoms with Gasteiger partial charge in [-0.2, -0.15) is 11.3 Å². The van der Waals surface area contributed by atoms with Crippen LogP contribution in [0.4, 0.5) is 0 Å². The molecular weight excluding hydrogens is 292 g/mol. The first-order chi connectivity index (χ1) is 9.62. The molecule has 1 aliphatic rings. The largest absolute Gasteiger partial charge is 0.394 e. The summed E-state index contributed by atoms with van der Waals surface area (Å²) < 4.78 is 0. The molecule has 2 N–H and O–H groups in total. The smallest absolute Gasteiger partial charge is 0.271 e. The van der Waals surface area contributed by atoms with Gasteiger partial charge in [0, 0.05) is 16.3 Å². The SMILES string of the molecule is CC(CO)(NC(=O)c1csc(-c2ccsc2)n1)C1CC1. The van der Waals surface area contributed by atoms with Gasteiger partial charge in [-0.25, -0.2) is 4.98 Å². The lowest BCUT2D eigenvalue weighted by Gasteiger charge is -2.28. The number of rotatable bonds is 5. The Morgan fingerprint density at radius 1 is 1.55 bits per heavy atom. The predicted octanol–water partition coefficient (Wildman–Crippen LogP) is 2.76. The second-order valence-corrected chi connectivity index (χ2v) is 6.99. The lowest BCUT2D eigenvalue weighted by molar-refractivity contribution is 0.0820. The van der Waals surface area contributed by atoms with E-state index in [0.29, 0.717) is 11.6 Å². The number of amides is 1. The molecule has 1 unspecified atom stereocenters. The van der Waals surface area contributed by atoms with Crippen molar-refractivity contribution in [1.29, 1.82) is 0 Å². The highest BCUT2D eigenvalue weighted by Crippen LogP contribution is 2.39. The molecule has 1 saturated carbocycles. The molecule has 1 aliphatic carbocycles. The number of nitrogens with one attached hydrogen (secondary N) is 1. The summed E-state index contributed by atoms with van der Waals surface area (Å²) in [5.41, 5.74) is 0.950. The van der Waals surface area contributed by atoms with Crippen molar-refractivity contribution in [1.82, 2.24) is 10.3 Å². The predicted molar refractivity (Wildman–Crippen MR) is 81.1 cm³/mol. The summed E-state index contributed by atoms with van der Waals surface area (Å²) in [7, 11) is 0. The summed E-state index contributed by atoms with van der Waals surface area (Å²) in [6.45, 7) is 1.86. The quantitative estimate of drug-likeness (QED) is 0.893. The van der Waals surface area contributed by atoms with Crippen LogP contribution < -0.4 is 5.32 Å². The highest BCUT2D eigenvalue weighted by molar-refractivity contribution is 7.14. The van der Waals surface area contributed by atoms with Gasteiger partial charge < -0.3 is 10.4 Å². The van der Waals surface area contributed by atoms with E-state index in [2.05, 4.69) is 10.3 Å². The molecule has 0 aliphatic heterocycles. The van der Waals surface area contributed by atoms with Gasteiger partial charge in [0.2, 0.25) is 0 Å². The third-order valence-electron chi connectivity index (χ3n) is 3.71. The molecular formula is C14H16N2O2S2. The third-order valence-corrected chi connectivity index (χ3v) is 5.29. The van der Waals surface area contributed by atoms with Crippen molar-refractivity contribution >= 4 is 28.6 Å². The maximum Gasteiger partial charge on any atom is 0.271 e. The number of aliphatic hydroxyl groups is 1. The molecule has 3 rings (SSSR count). The van der Waals surface area contributed by atoms with Gasteiger partial charge >= 0.3 is 0 Å². The van der Waals surface area contributed by atoms with Crippen molar-refractivity contribution in [2.75, 3.05) is 6.61 Å². The van der Waals surface area contributed by atoms with E-state index >= 15 is 0 Å². The van der Waals surface area contributed by atoms with Crippen LogP contribution in [0.15, 0.2) is 22.2 Å². The molecule has 1 amide bonds. The standard InChI is InChI=1S/C14H16N2O2S2/c1-14(8-17,10-2-3-10)16-12(18)11-7-20-13(15-11)9-4-5-19-6-9/h4-7,10,17H,2-3,8H2,1H3,(H,16,18). The Labute approximate surface area is 125 Å². The van der Waals surface area contributed by atoms with Gasteiger partial charge in [-0.05, 0) is 37.1 Å². The van der Waals surface area contributed by atoms with Crippen molar-refractivity contribution in [2.24, 2.45) is 5.92 Å². The van der Waals surface area contributed by atoms with E-state index in [1.807, 2.05) is 23.8 Å². The molecule has 0 saturated heterocycles. The number of hydrogen-bond donors (Lipinski definition) is 2. The summed E-state index contributed by atoms with van der Waals surface area (Å²) in [6, 6.07) is 1.99. The van der Waals surface area contributed by atoms with Crippen LogP contribution in [0.25, 0.3) is 10.6 Å². The molecule has 1 atom stereocenters. The molecule has 2 heterocycles. The number of carbonyl (C=O) groups is 1. The third kappa shape index (κ3) is 2.63. The van der Waals surface area contributed by atoms with E-state index in [1.165, 1.54) is 11.3 Å². The van der Waals surface area contributed by atoms with Crippen LogP contribution in [0.1, 0.15) is 30.3 Å². The minimum absolute atomic E-state index is 0.0368. The van der Waals surface area contributed by atoms with Gasteiger partial charge in [0.1, 0.15) is 10.7 Å². The number of aliphatic hydroxyl groups excluding tert-OH is 1. The molecule has 4 nitrogen and oxygen atoms in total. The fourth-order valence-corrected chi connectivity index (χ4v) is 3.72. The van der Waals surface area contributed by atoms with E-state index < -0.39 is 5.54 Å². The monoisotopic (exact) mass is 308 g/mol. The summed E-state index contributed by atoms with van der Waals surface area (Å²) in [5.74, 6) is 0.178. The van der Waals surface area contributed by atoms with Crippen LogP contribution in [0.3, 0.4) is 0 Å².